The standard InChI is InChI=1S/C27H28Cl3N3O4S/c1-3-31-27(35)25(16-19-10-5-4-6-11-19)32(17-20-21(28)13-9-14-22(20)29)26(34)18-33(38(2,36)37)24-15-8-7-12-23(24)30/h4-15,25H,3,16-18H2,1-2H3,(H,31,35)/t25-/m0/s1. The molecule has 0 aliphatic rings. The molecule has 1 N–H and O–H groups in total. The van der Waals surface area contributed by atoms with Crippen LogP contribution in [0.2, 0.25) is 15.1 Å². The molecule has 3 aromatic carbocycles. The maximum Gasteiger partial charge on any atom is 0.244 e. The number of benzene rings is 3. The van der Waals surface area contributed by atoms with E-state index in [9.17, 15) is 18.0 Å². The van der Waals surface area contributed by atoms with Crippen LogP contribution in [-0.4, -0.2) is 50.5 Å². The minimum atomic E-state index is -3.92. The second-order valence-electron chi connectivity index (χ2n) is 8.54. The Morgan fingerprint density at radius 1 is 0.868 bits per heavy atom. The molecular weight excluding hydrogens is 569 g/mol. The van der Waals surface area contributed by atoms with Crippen molar-refractivity contribution in [2.24, 2.45) is 0 Å². The molecule has 0 aliphatic heterocycles. The fourth-order valence-electron chi connectivity index (χ4n) is 3.95. The van der Waals surface area contributed by atoms with Crippen molar-refractivity contribution in [1.82, 2.24) is 10.2 Å². The highest BCUT2D eigenvalue weighted by atomic mass is 35.5. The second-order valence-corrected chi connectivity index (χ2v) is 11.7. The van der Waals surface area contributed by atoms with Crippen molar-refractivity contribution in [2.75, 3.05) is 23.7 Å². The molecule has 0 saturated heterocycles. The van der Waals surface area contributed by atoms with Gasteiger partial charge in [0.1, 0.15) is 12.6 Å². The number of likely N-dealkylation sites (N-methyl/N-ethyl adjacent to an activating group) is 1. The van der Waals surface area contributed by atoms with Crippen LogP contribution in [0.1, 0.15) is 18.1 Å². The van der Waals surface area contributed by atoms with Gasteiger partial charge in [-0.25, -0.2) is 8.42 Å². The lowest BCUT2D eigenvalue weighted by Gasteiger charge is -2.34. The first-order chi connectivity index (χ1) is 18.0. The number of nitrogens with one attached hydrogen (secondary N) is 1. The van der Waals surface area contributed by atoms with Crippen molar-refractivity contribution >= 4 is 62.3 Å². The summed E-state index contributed by atoms with van der Waals surface area (Å²) < 4.78 is 26.5. The summed E-state index contributed by atoms with van der Waals surface area (Å²) in [7, 11) is -3.92. The lowest BCUT2D eigenvalue weighted by atomic mass is 10.0. The highest BCUT2D eigenvalue weighted by Crippen LogP contribution is 2.30. The van der Waals surface area contributed by atoms with E-state index in [0.717, 1.165) is 16.1 Å². The molecule has 2 amide bonds. The van der Waals surface area contributed by atoms with Crippen LogP contribution in [0.25, 0.3) is 0 Å². The van der Waals surface area contributed by atoms with Gasteiger partial charge in [0.05, 0.1) is 17.0 Å². The van der Waals surface area contributed by atoms with E-state index in [0.29, 0.717) is 22.2 Å². The number of halogens is 3. The largest absolute Gasteiger partial charge is 0.355 e. The van der Waals surface area contributed by atoms with Crippen molar-refractivity contribution < 1.29 is 18.0 Å². The van der Waals surface area contributed by atoms with Gasteiger partial charge in [-0.05, 0) is 36.8 Å². The number of carbonyl (C=O) groups is 2. The predicted molar refractivity (Wildman–Crippen MR) is 153 cm³/mol. The molecule has 0 saturated carbocycles. The molecule has 0 heterocycles. The summed E-state index contributed by atoms with van der Waals surface area (Å²) >= 11 is 19.2. The Bertz CT molecular complexity index is 1370. The summed E-state index contributed by atoms with van der Waals surface area (Å²) in [6, 6.07) is 19.5. The number of carbonyl (C=O) groups excluding carboxylic acids is 2. The Kier molecular flexibility index (Phi) is 10.4. The van der Waals surface area contributed by atoms with E-state index in [2.05, 4.69) is 5.32 Å². The molecule has 0 unspecified atom stereocenters. The van der Waals surface area contributed by atoms with Gasteiger partial charge in [-0.15, -0.1) is 0 Å². The zero-order valence-corrected chi connectivity index (χ0v) is 24.0. The Morgan fingerprint density at radius 2 is 1.45 bits per heavy atom. The summed E-state index contributed by atoms with van der Waals surface area (Å²) in [5.41, 5.74) is 1.41. The normalized spacial score (nSPS) is 12.0. The summed E-state index contributed by atoms with van der Waals surface area (Å²) in [4.78, 5) is 28.6. The number of sulfonamides is 1. The average Bonchev–Trinajstić information content (AvgIpc) is 2.86. The molecule has 0 bridgehead atoms. The lowest BCUT2D eigenvalue weighted by Crippen LogP contribution is -2.53. The first-order valence-electron chi connectivity index (χ1n) is 11.8. The number of hydrogen-bond donors (Lipinski definition) is 1. The van der Waals surface area contributed by atoms with Gasteiger partial charge in [-0.1, -0.05) is 83.3 Å². The minimum Gasteiger partial charge on any atom is -0.355 e. The quantitative estimate of drug-likeness (QED) is 0.330. The van der Waals surface area contributed by atoms with E-state index in [4.69, 9.17) is 34.8 Å². The van der Waals surface area contributed by atoms with Crippen LogP contribution >= 0.6 is 34.8 Å². The van der Waals surface area contributed by atoms with Gasteiger partial charge in [0.15, 0.2) is 0 Å². The van der Waals surface area contributed by atoms with Gasteiger partial charge in [0, 0.05) is 35.1 Å². The van der Waals surface area contributed by atoms with Crippen molar-refractivity contribution in [3.63, 3.8) is 0 Å². The molecule has 0 aliphatic carbocycles. The Balaban J connectivity index is 2.10. The number of para-hydroxylation sites is 1. The van der Waals surface area contributed by atoms with Crippen LogP contribution in [0.3, 0.4) is 0 Å². The monoisotopic (exact) mass is 595 g/mol. The third-order valence-electron chi connectivity index (χ3n) is 5.81. The van der Waals surface area contributed by atoms with E-state index >= 15 is 0 Å². The van der Waals surface area contributed by atoms with E-state index in [1.54, 1.807) is 37.3 Å². The van der Waals surface area contributed by atoms with Gasteiger partial charge < -0.3 is 10.2 Å². The predicted octanol–water partition coefficient (Wildman–Crippen LogP) is 5.19. The first kappa shape index (κ1) is 29.8. The van der Waals surface area contributed by atoms with Crippen LogP contribution in [0.5, 0.6) is 0 Å². The highest BCUT2D eigenvalue weighted by molar-refractivity contribution is 7.92. The number of hydrogen-bond acceptors (Lipinski definition) is 4. The third-order valence-corrected chi connectivity index (χ3v) is 7.97. The summed E-state index contributed by atoms with van der Waals surface area (Å²) in [5.74, 6) is -1.02. The first-order valence-corrected chi connectivity index (χ1v) is 14.8. The number of amides is 2. The van der Waals surface area contributed by atoms with E-state index < -0.39 is 34.4 Å². The van der Waals surface area contributed by atoms with Crippen molar-refractivity contribution in [2.45, 2.75) is 25.9 Å². The highest BCUT2D eigenvalue weighted by Gasteiger charge is 2.34. The van der Waals surface area contributed by atoms with Crippen molar-refractivity contribution in [3.05, 3.63) is 99.0 Å². The Labute approximate surface area is 238 Å². The molecule has 0 radical (unpaired) electrons. The zero-order valence-electron chi connectivity index (χ0n) is 20.9. The van der Waals surface area contributed by atoms with E-state index in [1.165, 1.54) is 17.0 Å². The molecule has 0 spiro atoms. The lowest BCUT2D eigenvalue weighted by molar-refractivity contribution is -0.140. The van der Waals surface area contributed by atoms with Gasteiger partial charge in [-0.3, -0.25) is 13.9 Å². The summed E-state index contributed by atoms with van der Waals surface area (Å²) in [6.07, 6.45) is 1.18. The molecular formula is C27H28Cl3N3O4S. The van der Waals surface area contributed by atoms with Gasteiger partial charge in [-0.2, -0.15) is 0 Å². The molecule has 202 valence electrons. The molecule has 38 heavy (non-hydrogen) atoms. The maximum absolute atomic E-state index is 14.0. The minimum absolute atomic E-state index is 0.119. The van der Waals surface area contributed by atoms with Crippen LogP contribution in [-0.2, 0) is 32.6 Å². The van der Waals surface area contributed by atoms with Gasteiger partial charge in [0.25, 0.3) is 0 Å². The molecule has 7 nitrogen and oxygen atoms in total. The Morgan fingerprint density at radius 3 is 2.03 bits per heavy atom. The number of nitrogens with zero attached hydrogens (tertiary/aromatic N) is 2. The van der Waals surface area contributed by atoms with Crippen molar-refractivity contribution in [1.29, 1.82) is 0 Å². The van der Waals surface area contributed by atoms with Crippen molar-refractivity contribution in [3.8, 4) is 0 Å². The maximum atomic E-state index is 14.0. The van der Waals surface area contributed by atoms with Crippen LogP contribution in [0.4, 0.5) is 5.69 Å². The summed E-state index contributed by atoms with van der Waals surface area (Å²) in [6.45, 7) is 1.41. The molecule has 11 heteroatoms. The second kappa shape index (κ2) is 13.3. The molecule has 1 atom stereocenters. The molecule has 3 rings (SSSR count). The van der Waals surface area contributed by atoms with Gasteiger partial charge in [0.2, 0.25) is 21.8 Å². The fourth-order valence-corrected chi connectivity index (χ4v) is 5.61. The van der Waals surface area contributed by atoms with Crippen LogP contribution in [0.15, 0.2) is 72.8 Å². The molecule has 0 fully saturated rings. The third kappa shape index (κ3) is 7.63. The van der Waals surface area contributed by atoms with E-state index in [1.807, 2.05) is 30.3 Å². The summed E-state index contributed by atoms with van der Waals surface area (Å²) in [5, 5.41) is 3.58. The number of anilines is 1. The SMILES string of the molecule is CCNC(=O)[C@H](Cc1ccccc1)N(Cc1c(Cl)cccc1Cl)C(=O)CN(c1ccccc1Cl)S(C)(=O)=O. The van der Waals surface area contributed by atoms with Crippen LogP contribution < -0.4 is 9.62 Å². The fraction of sp³-hybridized carbons (Fsp3) is 0.259. The Hall–Kier alpha value is -2.78. The zero-order chi connectivity index (χ0) is 27.9. The topological polar surface area (TPSA) is 86.8 Å². The molecule has 3 aromatic rings. The average molecular weight is 597 g/mol. The molecule has 0 aromatic heterocycles. The van der Waals surface area contributed by atoms with Crippen LogP contribution in [0, 0.1) is 0 Å². The van der Waals surface area contributed by atoms with Gasteiger partial charge >= 0.3 is 0 Å². The number of rotatable bonds is 11. The smallest absolute Gasteiger partial charge is 0.244 e. The van der Waals surface area contributed by atoms with E-state index in [-0.39, 0.29) is 23.7 Å².